The first-order valence-corrected chi connectivity index (χ1v) is 8.78. The first kappa shape index (κ1) is 19.9. The van der Waals surface area contributed by atoms with Gasteiger partial charge in [0, 0.05) is 11.1 Å². The number of carbonyl (C=O) groups excluding carboxylic acids is 2. The fourth-order valence-electron chi connectivity index (χ4n) is 2.50. The monoisotopic (exact) mass is 394 g/mol. The van der Waals surface area contributed by atoms with E-state index >= 15 is 0 Å². The van der Waals surface area contributed by atoms with E-state index in [2.05, 4.69) is 10.9 Å². The minimum atomic E-state index is -0.667. The van der Waals surface area contributed by atoms with Crippen molar-refractivity contribution >= 4 is 11.8 Å². The molecule has 2 N–H and O–H groups in total. The van der Waals surface area contributed by atoms with E-state index in [-0.39, 0.29) is 11.3 Å². The lowest BCUT2D eigenvalue weighted by Gasteiger charge is -2.09. The number of nitrogens with one attached hydrogen (secondary N) is 2. The van der Waals surface area contributed by atoms with E-state index in [9.17, 15) is 14.0 Å². The molecule has 3 aromatic carbocycles. The zero-order valence-corrected chi connectivity index (χ0v) is 15.6. The van der Waals surface area contributed by atoms with E-state index in [1.54, 1.807) is 24.3 Å². The standard InChI is InChI=1S/C22H19FN2O4/c1-28-20-12-11-17(13-19(20)23)22(27)25-24-21(26)16-9-7-15(8-10-16)14-29-18-5-3-2-4-6-18/h2-13H,14H2,1H3,(H,24,26)(H,25,27). The molecule has 0 bridgehead atoms. The van der Waals surface area contributed by atoms with Crippen LogP contribution in [0.25, 0.3) is 0 Å². The van der Waals surface area contributed by atoms with Crippen LogP contribution in [0.1, 0.15) is 26.3 Å². The third-order valence-electron chi connectivity index (χ3n) is 4.07. The molecule has 7 heteroatoms. The molecule has 3 aromatic rings. The summed E-state index contributed by atoms with van der Waals surface area (Å²) >= 11 is 0. The van der Waals surface area contributed by atoms with Crippen LogP contribution in [0, 0.1) is 5.82 Å². The third kappa shape index (κ3) is 5.32. The highest BCUT2D eigenvalue weighted by molar-refractivity contribution is 5.99. The number of hydrogen-bond donors (Lipinski definition) is 2. The van der Waals surface area contributed by atoms with E-state index in [0.717, 1.165) is 17.4 Å². The molecule has 0 fully saturated rings. The van der Waals surface area contributed by atoms with Gasteiger partial charge in [0.05, 0.1) is 7.11 Å². The Kier molecular flexibility index (Phi) is 6.42. The highest BCUT2D eigenvalue weighted by atomic mass is 19.1. The second-order valence-corrected chi connectivity index (χ2v) is 6.06. The van der Waals surface area contributed by atoms with E-state index in [1.807, 2.05) is 30.3 Å². The molecule has 0 spiro atoms. The summed E-state index contributed by atoms with van der Waals surface area (Å²) in [5.41, 5.74) is 5.85. The maximum Gasteiger partial charge on any atom is 0.269 e. The van der Waals surface area contributed by atoms with E-state index in [4.69, 9.17) is 9.47 Å². The van der Waals surface area contributed by atoms with Gasteiger partial charge in [-0.25, -0.2) is 4.39 Å². The molecule has 148 valence electrons. The van der Waals surface area contributed by atoms with Crippen molar-refractivity contribution in [2.75, 3.05) is 7.11 Å². The molecule has 0 unspecified atom stereocenters. The summed E-state index contributed by atoms with van der Waals surface area (Å²) in [5, 5.41) is 0. The van der Waals surface area contributed by atoms with Gasteiger partial charge >= 0.3 is 0 Å². The van der Waals surface area contributed by atoms with Crippen LogP contribution in [0.15, 0.2) is 72.8 Å². The minimum Gasteiger partial charge on any atom is -0.494 e. The maximum absolute atomic E-state index is 13.7. The molecule has 0 aromatic heterocycles. The van der Waals surface area contributed by atoms with Crippen LogP contribution in [0.2, 0.25) is 0 Å². The second kappa shape index (κ2) is 9.36. The zero-order chi connectivity index (χ0) is 20.6. The Bertz CT molecular complexity index is 991. The number of rotatable bonds is 6. The topological polar surface area (TPSA) is 76.7 Å². The smallest absolute Gasteiger partial charge is 0.269 e. The van der Waals surface area contributed by atoms with E-state index in [0.29, 0.717) is 12.2 Å². The molecule has 0 aliphatic rings. The van der Waals surface area contributed by atoms with Crippen LogP contribution in [-0.2, 0) is 6.61 Å². The highest BCUT2D eigenvalue weighted by Crippen LogP contribution is 2.17. The van der Waals surface area contributed by atoms with Gasteiger partial charge < -0.3 is 9.47 Å². The van der Waals surface area contributed by atoms with Crippen LogP contribution in [0.5, 0.6) is 11.5 Å². The Hall–Kier alpha value is -3.87. The predicted octanol–water partition coefficient (Wildman–Crippen LogP) is 3.49. The zero-order valence-electron chi connectivity index (χ0n) is 15.6. The molecular formula is C22H19FN2O4. The van der Waals surface area contributed by atoms with E-state index < -0.39 is 17.6 Å². The van der Waals surface area contributed by atoms with Gasteiger partial charge in [0.1, 0.15) is 12.4 Å². The lowest BCUT2D eigenvalue weighted by Crippen LogP contribution is -2.41. The van der Waals surface area contributed by atoms with Crippen molar-refractivity contribution in [1.82, 2.24) is 10.9 Å². The average molecular weight is 394 g/mol. The van der Waals surface area contributed by atoms with Crippen molar-refractivity contribution < 1.29 is 23.5 Å². The summed E-state index contributed by atoms with van der Waals surface area (Å²) in [4.78, 5) is 24.2. The Morgan fingerprint density at radius 2 is 1.48 bits per heavy atom. The van der Waals surface area contributed by atoms with Gasteiger partial charge in [-0.2, -0.15) is 0 Å². The lowest BCUT2D eigenvalue weighted by atomic mass is 10.1. The number of amides is 2. The lowest BCUT2D eigenvalue weighted by molar-refractivity contribution is 0.0846. The molecule has 3 rings (SSSR count). The Morgan fingerprint density at radius 3 is 2.10 bits per heavy atom. The Labute approximate surface area is 167 Å². The maximum atomic E-state index is 13.7. The summed E-state index contributed by atoms with van der Waals surface area (Å²) in [6.45, 7) is 0.367. The molecule has 0 aliphatic heterocycles. The third-order valence-corrected chi connectivity index (χ3v) is 4.07. The van der Waals surface area contributed by atoms with Gasteiger partial charge in [-0.3, -0.25) is 20.4 Å². The number of methoxy groups -OCH3 is 1. The predicted molar refractivity (Wildman–Crippen MR) is 105 cm³/mol. The summed E-state index contributed by atoms with van der Waals surface area (Å²) in [5.74, 6) is -1.02. The molecule has 0 saturated heterocycles. The fraction of sp³-hybridized carbons (Fsp3) is 0.0909. The SMILES string of the molecule is COc1ccc(C(=O)NNC(=O)c2ccc(COc3ccccc3)cc2)cc1F. The number of hydrogen-bond acceptors (Lipinski definition) is 4. The first-order valence-electron chi connectivity index (χ1n) is 8.78. The average Bonchev–Trinajstić information content (AvgIpc) is 2.76. The number of para-hydroxylation sites is 1. The van der Waals surface area contributed by atoms with Gasteiger partial charge in [-0.05, 0) is 48.0 Å². The Morgan fingerprint density at radius 1 is 0.862 bits per heavy atom. The van der Waals surface area contributed by atoms with Gasteiger partial charge in [-0.15, -0.1) is 0 Å². The van der Waals surface area contributed by atoms with Crippen LogP contribution < -0.4 is 20.3 Å². The highest BCUT2D eigenvalue weighted by Gasteiger charge is 2.12. The number of hydrazine groups is 1. The minimum absolute atomic E-state index is 0.0296. The largest absolute Gasteiger partial charge is 0.494 e. The molecule has 0 saturated carbocycles. The van der Waals surface area contributed by atoms with Crippen molar-refractivity contribution in [3.8, 4) is 11.5 Å². The molecule has 6 nitrogen and oxygen atoms in total. The van der Waals surface area contributed by atoms with Gasteiger partial charge in [-0.1, -0.05) is 30.3 Å². The second-order valence-electron chi connectivity index (χ2n) is 6.06. The molecular weight excluding hydrogens is 375 g/mol. The number of halogens is 1. The van der Waals surface area contributed by atoms with Crippen LogP contribution in [-0.4, -0.2) is 18.9 Å². The van der Waals surface area contributed by atoms with Crippen molar-refractivity contribution in [3.63, 3.8) is 0 Å². The quantitative estimate of drug-likeness (QED) is 0.628. The number of carbonyl (C=O) groups is 2. The normalized spacial score (nSPS) is 10.1. The van der Waals surface area contributed by atoms with Crippen LogP contribution in [0.4, 0.5) is 4.39 Å². The first-order chi connectivity index (χ1) is 14.1. The molecule has 0 radical (unpaired) electrons. The molecule has 29 heavy (non-hydrogen) atoms. The molecule has 2 amide bonds. The number of ether oxygens (including phenoxy) is 2. The van der Waals surface area contributed by atoms with E-state index in [1.165, 1.54) is 19.2 Å². The molecule has 0 atom stereocenters. The summed E-state index contributed by atoms with van der Waals surface area (Å²) in [7, 11) is 1.33. The van der Waals surface area contributed by atoms with Crippen molar-refractivity contribution in [2.45, 2.75) is 6.61 Å². The summed E-state index contributed by atoms with van der Waals surface area (Å²) in [6.07, 6.45) is 0. The van der Waals surface area contributed by atoms with Crippen molar-refractivity contribution in [2.24, 2.45) is 0 Å². The van der Waals surface area contributed by atoms with Crippen LogP contribution in [0.3, 0.4) is 0 Å². The summed E-state index contributed by atoms with van der Waals surface area (Å²) < 4.78 is 24.1. The van der Waals surface area contributed by atoms with Crippen molar-refractivity contribution in [1.29, 1.82) is 0 Å². The summed E-state index contributed by atoms with van der Waals surface area (Å²) in [6, 6.07) is 19.9. The number of benzene rings is 3. The van der Waals surface area contributed by atoms with Crippen LogP contribution >= 0.6 is 0 Å². The van der Waals surface area contributed by atoms with Gasteiger partial charge in [0.25, 0.3) is 11.8 Å². The van der Waals surface area contributed by atoms with Gasteiger partial charge in [0.2, 0.25) is 0 Å². The fourth-order valence-corrected chi connectivity index (χ4v) is 2.50. The Balaban J connectivity index is 1.52. The van der Waals surface area contributed by atoms with Crippen molar-refractivity contribution in [3.05, 3.63) is 95.3 Å². The molecule has 0 heterocycles. The van der Waals surface area contributed by atoms with Gasteiger partial charge in [0.15, 0.2) is 11.6 Å². The molecule has 0 aliphatic carbocycles.